The molecule has 1 saturated heterocycles. The summed E-state index contributed by atoms with van der Waals surface area (Å²) < 4.78 is 16.0. The fraction of sp³-hybridized carbons (Fsp3) is 0.474. The lowest BCUT2D eigenvalue weighted by atomic mass is 10.2. The number of hydrogen-bond acceptors (Lipinski definition) is 9. The van der Waals surface area contributed by atoms with Crippen LogP contribution in [0.5, 0.6) is 11.5 Å². The van der Waals surface area contributed by atoms with Crippen molar-refractivity contribution in [3.05, 3.63) is 24.5 Å². The summed E-state index contributed by atoms with van der Waals surface area (Å²) >= 11 is 0. The normalized spacial score (nSPS) is 14.5. The van der Waals surface area contributed by atoms with Crippen molar-refractivity contribution in [2.75, 3.05) is 70.0 Å². The maximum absolute atomic E-state index is 6.26. The highest BCUT2D eigenvalue weighted by Gasteiger charge is 2.12. The Labute approximate surface area is 165 Å². The van der Waals surface area contributed by atoms with Crippen LogP contribution >= 0.6 is 0 Å². The first-order valence-corrected chi connectivity index (χ1v) is 9.34. The van der Waals surface area contributed by atoms with Crippen LogP contribution in [0, 0.1) is 0 Å². The molecular formula is C19H28N6O3. The number of nitrogens with two attached hydrogens (primary N) is 1. The number of benzene rings is 1. The van der Waals surface area contributed by atoms with Crippen molar-refractivity contribution in [2.24, 2.45) is 0 Å². The van der Waals surface area contributed by atoms with Crippen molar-refractivity contribution in [1.82, 2.24) is 14.9 Å². The summed E-state index contributed by atoms with van der Waals surface area (Å²) in [6.45, 7) is 5.42. The van der Waals surface area contributed by atoms with Gasteiger partial charge in [-0.1, -0.05) is 0 Å². The molecule has 9 heteroatoms. The van der Waals surface area contributed by atoms with Gasteiger partial charge in [-0.15, -0.1) is 0 Å². The molecule has 1 fully saturated rings. The molecule has 28 heavy (non-hydrogen) atoms. The molecule has 4 N–H and O–H groups in total. The number of ether oxygens (including phenoxy) is 3. The minimum atomic E-state index is 0.465. The van der Waals surface area contributed by atoms with Crippen LogP contribution in [0.2, 0.25) is 0 Å². The van der Waals surface area contributed by atoms with Gasteiger partial charge in [-0.2, -0.15) is 0 Å². The summed E-state index contributed by atoms with van der Waals surface area (Å²) in [4.78, 5) is 10.9. The molecule has 0 unspecified atom stereocenters. The minimum Gasteiger partial charge on any atom is -0.497 e. The number of rotatable bonds is 9. The topological polar surface area (TPSA) is 107 Å². The summed E-state index contributed by atoms with van der Waals surface area (Å²) in [5.74, 6) is 2.49. The van der Waals surface area contributed by atoms with Crippen molar-refractivity contribution in [3.63, 3.8) is 0 Å². The SMILES string of the molecule is COc1ccc(Nc2ncnc(NCCCN3CCOCC3)c2N)c(OC)c1. The lowest BCUT2D eigenvalue weighted by molar-refractivity contribution is 0.0378. The number of nitrogens with one attached hydrogen (secondary N) is 2. The summed E-state index contributed by atoms with van der Waals surface area (Å²) in [5, 5.41) is 6.51. The predicted molar refractivity (Wildman–Crippen MR) is 110 cm³/mol. The van der Waals surface area contributed by atoms with Gasteiger partial charge in [-0.3, -0.25) is 4.90 Å². The van der Waals surface area contributed by atoms with Crippen LogP contribution in [0.3, 0.4) is 0 Å². The largest absolute Gasteiger partial charge is 0.497 e. The Bertz CT molecular complexity index is 767. The van der Waals surface area contributed by atoms with Gasteiger partial charge in [0.15, 0.2) is 11.6 Å². The highest BCUT2D eigenvalue weighted by atomic mass is 16.5. The van der Waals surface area contributed by atoms with Crippen LogP contribution < -0.4 is 25.8 Å². The molecule has 1 aliphatic heterocycles. The molecular weight excluding hydrogens is 360 g/mol. The Kier molecular flexibility index (Phi) is 7.10. The fourth-order valence-corrected chi connectivity index (χ4v) is 3.00. The molecule has 1 aliphatic rings. The van der Waals surface area contributed by atoms with Crippen LogP contribution in [-0.2, 0) is 4.74 Å². The van der Waals surface area contributed by atoms with E-state index in [2.05, 4.69) is 25.5 Å². The minimum absolute atomic E-state index is 0.465. The molecule has 0 aliphatic carbocycles. The fourth-order valence-electron chi connectivity index (χ4n) is 3.00. The zero-order valence-electron chi connectivity index (χ0n) is 16.4. The summed E-state index contributed by atoms with van der Waals surface area (Å²) in [5.41, 5.74) is 7.47. The summed E-state index contributed by atoms with van der Waals surface area (Å²) in [7, 11) is 3.21. The molecule has 0 bridgehead atoms. The molecule has 0 spiro atoms. The van der Waals surface area contributed by atoms with Gasteiger partial charge >= 0.3 is 0 Å². The van der Waals surface area contributed by atoms with E-state index in [-0.39, 0.29) is 0 Å². The Morgan fingerprint density at radius 1 is 1.14 bits per heavy atom. The van der Waals surface area contributed by atoms with Crippen molar-refractivity contribution >= 4 is 23.0 Å². The average molecular weight is 388 g/mol. The zero-order chi connectivity index (χ0) is 19.8. The number of nitrogens with zero attached hydrogens (tertiary/aromatic N) is 3. The Morgan fingerprint density at radius 3 is 2.68 bits per heavy atom. The van der Waals surface area contributed by atoms with Gasteiger partial charge in [-0.25, -0.2) is 9.97 Å². The smallest absolute Gasteiger partial charge is 0.159 e. The van der Waals surface area contributed by atoms with Crippen LogP contribution in [-0.4, -0.2) is 68.5 Å². The molecule has 9 nitrogen and oxygen atoms in total. The van der Waals surface area contributed by atoms with Crippen molar-refractivity contribution in [3.8, 4) is 11.5 Å². The first-order chi connectivity index (χ1) is 13.7. The second kappa shape index (κ2) is 9.95. The quantitative estimate of drug-likeness (QED) is 0.556. The van der Waals surface area contributed by atoms with Gasteiger partial charge in [-0.05, 0) is 25.1 Å². The number of aromatic nitrogens is 2. The molecule has 0 radical (unpaired) electrons. The molecule has 1 aromatic carbocycles. The van der Waals surface area contributed by atoms with E-state index in [0.29, 0.717) is 28.8 Å². The van der Waals surface area contributed by atoms with Gasteiger partial charge in [0.05, 0.1) is 33.1 Å². The molecule has 0 atom stereocenters. The second-order valence-electron chi connectivity index (χ2n) is 6.41. The van der Waals surface area contributed by atoms with Crippen LogP contribution in [0.1, 0.15) is 6.42 Å². The number of morpholine rings is 1. The van der Waals surface area contributed by atoms with E-state index in [1.54, 1.807) is 20.3 Å². The Morgan fingerprint density at radius 2 is 1.93 bits per heavy atom. The van der Waals surface area contributed by atoms with Gasteiger partial charge < -0.3 is 30.6 Å². The molecule has 2 aromatic rings. The summed E-state index contributed by atoms with van der Waals surface area (Å²) in [6, 6.07) is 5.49. The Balaban J connectivity index is 1.59. The molecule has 0 amide bonds. The van der Waals surface area contributed by atoms with E-state index in [1.807, 2.05) is 12.1 Å². The third-order valence-corrected chi connectivity index (χ3v) is 4.59. The molecule has 2 heterocycles. The van der Waals surface area contributed by atoms with Crippen molar-refractivity contribution in [1.29, 1.82) is 0 Å². The molecule has 1 aromatic heterocycles. The van der Waals surface area contributed by atoms with E-state index in [0.717, 1.165) is 51.5 Å². The molecule has 152 valence electrons. The standard InChI is InChI=1S/C19H28N6O3/c1-26-14-4-5-15(16(12-14)27-2)24-19-17(20)18(22-13-23-19)21-6-3-7-25-8-10-28-11-9-25/h4-5,12-13H,3,6-11,20H2,1-2H3,(H2,21,22,23,24). The van der Waals surface area contributed by atoms with E-state index >= 15 is 0 Å². The zero-order valence-corrected chi connectivity index (χ0v) is 16.4. The third-order valence-electron chi connectivity index (χ3n) is 4.59. The van der Waals surface area contributed by atoms with Gasteiger partial charge in [0.2, 0.25) is 0 Å². The maximum atomic E-state index is 6.26. The number of hydrogen-bond donors (Lipinski definition) is 3. The number of nitrogen functional groups attached to an aromatic ring is 1. The predicted octanol–water partition coefficient (Wildman–Crippen LogP) is 1.95. The lowest BCUT2D eigenvalue weighted by Gasteiger charge is -2.26. The van der Waals surface area contributed by atoms with Gasteiger partial charge in [0, 0.05) is 25.7 Å². The van der Waals surface area contributed by atoms with Crippen LogP contribution in [0.15, 0.2) is 24.5 Å². The van der Waals surface area contributed by atoms with Crippen LogP contribution in [0.4, 0.5) is 23.0 Å². The summed E-state index contributed by atoms with van der Waals surface area (Å²) in [6.07, 6.45) is 2.48. The second-order valence-corrected chi connectivity index (χ2v) is 6.41. The Hall–Kier alpha value is -2.78. The molecule has 3 rings (SSSR count). The molecule has 0 saturated carbocycles. The van der Waals surface area contributed by atoms with Crippen molar-refractivity contribution < 1.29 is 14.2 Å². The highest BCUT2D eigenvalue weighted by Crippen LogP contribution is 2.33. The average Bonchev–Trinajstić information content (AvgIpc) is 2.74. The highest BCUT2D eigenvalue weighted by molar-refractivity contribution is 5.79. The van der Waals surface area contributed by atoms with Crippen molar-refractivity contribution in [2.45, 2.75) is 6.42 Å². The van der Waals surface area contributed by atoms with Gasteiger partial charge in [0.1, 0.15) is 23.5 Å². The van der Waals surface area contributed by atoms with Crippen LogP contribution in [0.25, 0.3) is 0 Å². The lowest BCUT2D eigenvalue weighted by Crippen LogP contribution is -2.37. The third kappa shape index (κ3) is 5.14. The van der Waals surface area contributed by atoms with E-state index in [4.69, 9.17) is 19.9 Å². The maximum Gasteiger partial charge on any atom is 0.159 e. The van der Waals surface area contributed by atoms with E-state index < -0.39 is 0 Å². The first kappa shape index (κ1) is 20.0. The number of methoxy groups -OCH3 is 2. The van der Waals surface area contributed by atoms with E-state index in [1.165, 1.54) is 6.33 Å². The monoisotopic (exact) mass is 388 g/mol. The first-order valence-electron chi connectivity index (χ1n) is 9.34. The number of anilines is 4. The van der Waals surface area contributed by atoms with Gasteiger partial charge in [0.25, 0.3) is 0 Å². The van der Waals surface area contributed by atoms with E-state index in [9.17, 15) is 0 Å².